The summed E-state index contributed by atoms with van der Waals surface area (Å²) in [5.74, 6) is 1.87. The standard InChI is InChI=1S/C14H23NOS/c1-12(2)14(11-15-9-10-17(3)16)13-7-5-4-6-8-13/h4-8,12,14-15H,9-11H2,1-3H3. The summed E-state index contributed by atoms with van der Waals surface area (Å²) < 4.78 is 11.0. The summed E-state index contributed by atoms with van der Waals surface area (Å²) in [6.45, 7) is 6.28. The second-order valence-corrected chi connectivity index (χ2v) is 6.30. The highest BCUT2D eigenvalue weighted by atomic mass is 32.2. The van der Waals surface area contributed by atoms with Crippen LogP contribution < -0.4 is 5.32 Å². The number of hydrogen-bond donors (Lipinski definition) is 1. The largest absolute Gasteiger partial charge is 0.315 e. The van der Waals surface area contributed by atoms with E-state index in [9.17, 15) is 4.21 Å². The van der Waals surface area contributed by atoms with Gasteiger partial charge < -0.3 is 5.32 Å². The molecule has 0 aliphatic heterocycles. The zero-order chi connectivity index (χ0) is 12.7. The van der Waals surface area contributed by atoms with Gasteiger partial charge in [-0.1, -0.05) is 44.2 Å². The van der Waals surface area contributed by atoms with E-state index >= 15 is 0 Å². The second-order valence-electron chi connectivity index (χ2n) is 4.74. The highest BCUT2D eigenvalue weighted by Gasteiger charge is 2.14. The van der Waals surface area contributed by atoms with Crippen LogP contribution in [0.15, 0.2) is 30.3 Å². The van der Waals surface area contributed by atoms with Crippen molar-refractivity contribution in [2.75, 3.05) is 25.1 Å². The van der Waals surface area contributed by atoms with E-state index in [0.29, 0.717) is 11.8 Å². The predicted octanol–water partition coefficient (Wildman–Crippen LogP) is 2.39. The molecule has 96 valence electrons. The molecule has 1 aromatic rings. The van der Waals surface area contributed by atoms with E-state index in [1.54, 1.807) is 6.26 Å². The van der Waals surface area contributed by atoms with Crippen LogP contribution in [0.25, 0.3) is 0 Å². The summed E-state index contributed by atoms with van der Waals surface area (Å²) in [5, 5.41) is 3.40. The molecular formula is C14H23NOS. The monoisotopic (exact) mass is 253 g/mol. The van der Waals surface area contributed by atoms with Crippen LogP contribution in [-0.4, -0.2) is 29.3 Å². The highest BCUT2D eigenvalue weighted by molar-refractivity contribution is 7.84. The molecule has 0 saturated carbocycles. The fraction of sp³-hybridized carbons (Fsp3) is 0.571. The molecule has 0 aliphatic rings. The van der Waals surface area contributed by atoms with Crippen LogP contribution in [0.4, 0.5) is 0 Å². The Labute approximate surface area is 107 Å². The van der Waals surface area contributed by atoms with Crippen molar-refractivity contribution in [2.45, 2.75) is 19.8 Å². The van der Waals surface area contributed by atoms with Gasteiger partial charge in [0, 0.05) is 35.9 Å². The lowest BCUT2D eigenvalue weighted by atomic mass is 9.88. The van der Waals surface area contributed by atoms with Crippen molar-refractivity contribution in [1.29, 1.82) is 0 Å². The molecule has 2 atom stereocenters. The van der Waals surface area contributed by atoms with Crippen LogP contribution in [-0.2, 0) is 10.8 Å². The third-order valence-corrected chi connectivity index (χ3v) is 3.74. The zero-order valence-corrected chi connectivity index (χ0v) is 11.8. The van der Waals surface area contributed by atoms with E-state index in [0.717, 1.165) is 18.8 Å². The zero-order valence-electron chi connectivity index (χ0n) is 11.0. The molecule has 2 nitrogen and oxygen atoms in total. The van der Waals surface area contributed by atoms with Crippen LogP contribution in [0.1, 0.15) is 25.3 Å². The molecule has 1 N–H and O–H groups in total. The van der Waals surface area contributed by atoms with Gasteiger partial charge in [0.25, 0.3) is 0 Å². The molecule has 0 spiro atoms. The fourth-order valence-corrected chi connectivity index (χ4v) is 2.34. The second kappa shape index (κ2) is 7.62. The first-order chi connectivity index (χ1) is 8.11. The van der Waals surface area contributed by atoms with Crippen LogP contribution in [0.2, 0.25) is 0 Å². The van der Waals surface area contributed by atoms with Crippen molar-refractivity contribution in [3.63, 3.8) is 0 Å². The van der Waals surface area contributed by atoms with E-state index in [1.165, 1.54) is 5.56 Å². The smallest absolute Gasteiger partial charge is 0.0357 e. The Morgan fingerprint density at radius 1 is 1.24 bits per heavy atom. The van der Waals surface area contributed by atoms with Gasteiger partial charge in [-0.15, -0.1) is 0 Å². The first-order valence-electron chi connectivity index (χ1n) is 6.17. The maximum atomic E-state index is 11.0. The molecule has 0 radical (unpaired) electrons. The van der Waals surface area contributed by atoms with Crippen molar-refractivity contribution in [3.05, 3.63) is 35.9 Å². The normalized spacial score (nSPS) is 14.8. The summed E-state index contributed by atoms with van der Waals surface area (Å²) in [7, 11) is -0.698. The first kappa shape index (κ1) is 14.4. The van der Waals surface area contributed by atoms with Gasteiger partial charge in [0.1, 0.15) is 0 Å². The molecule has 1 aromatic carbocycles. The molecule has 2 unspecified atom stereocenters. The van der Waals surface area contributed by atoms with E-state index in [-0.39, 0.29) is 0 Å². The van der Waals surface area contributed by atoms with Crippen LogP contribution in [0, 0.1) is 5.92 Å². The minimum Gasteiger partial charge on any atom is -0.315 e. The minimum absolute atomic E-state index is 0.529. The molecule has 0 bridgehead atoms. The van der Waals surface area contributed by atoms with Gasteiger partial charge in [0.15, 0.2) is 0 Å². The maximum absolute atomic E-state index is 11.0. The average Bonchev–Trinajstić information content (AvgIpc) is 2.29. The highest BCUT2D eigenvalue weighted by Crippen LogP contribution is 2.23. The van der Waals surface area contributed by atoms with Crippen molar-refractivity contribution >= 4 is 10.8 Å². The molecule has 0 fully saturated rings. The third kappa shape index (κ3) is 5.46. The Morgan fingerprint density at radius 2 is 1.88 bits per heavy atom. The van der Waals surface area contributed by atoms with Gasteiger partial charge in [0.2, 0.25) is 0 Å². The van der Waals surface area contributed by atoms with Gasteiger partial charge in [0.05, 0.1) is 0 Å². The summed E-state index contributed by atoms with van der Waals surface area (Å²) >= 11 is 0. The van der Waals surface area contributed by atoms with Crippen molar-refractivity contribution in [1.82, 2.24) is 5.32 Å². The van der Waals surface area contributed by atoms with Crippen molar-refractivity contribution in [2.24, 2.45) is 5.92 Å². The Kier molecular flexibility index (Phi) is 6.45. The van der Waals surface area contributed by atoms with E-state index in [2.05, 4.69) is 49.5 Å². The van der Waals surface area contributed by atoms with Gasteiger partial charge in [-0.2, -0.15) is 0 Å². The summed E-state index contributed by atoms with van der Waals surface area (Å²) in [6.07, 6.45) is 1.75. The number of nitrogens with one attached hydrogen (secondary N) is 1. The number of rotatable bonds is 7. The SMILES string of the molecule is CC(C)C(CNCCS(C)=O)c1ccccc1. The lowest BCUT2D eigenvalue weighted by molar-refractivity contribution is 0.468. The number of hydrogen-bond acceptors (Lipinski definition) is 2. The lowest BCUT2D eigenvalue weighted by Gasteiger charge is -2.21. The molecule has 3 heteroatoms. The molecule has 0 saturated heterocycles. The average molecular weight is 253 g/mol. The molecule has 0 aromatic heterocycles. The fourth-order valence-electron chi connectivity index (χ4n) is 1.91. The molecular weight excluding hydrogens is 230 g/mol. The van der Waals surface area contributed by atoms with Gasteiger partial charge in [-0.3, -0.25) is 4.21 Å². The Balaban J connectivity index is 2.48. The Hall–Kier alpha value is -0.670. The van der Waals surface area contributed by atoms with Gasteiger partial charge in [-0.05, 0) is 17.4 Å². The topological polar surface area (TPSA) is 29.1 Å². The van der Waals surface area contributed by atoms with E-state index in [4.69, 9.17) is 0 Å². The third-order valence-electron chi connectivity index (χ3n) is 2.96. The molecule has 0 amide bonds. The van der Waals surface area contributed by atoms with Gasteiger partial charge in [-0.25, -0.2) is 0 Å². The van der Waals surface area contributed by atoms with Crippen LogP contribution in [0.3, 0.4) is 0 Å². The van der Waals surface area contributed by atoms with Gasteiger partial charge >= 0.3 is 0 Å². The predicted molar refractivity (Wildman–Crippen MR) is 75.8 cm³/mol. The molecule has 17 heavy (non-hydrogen) atoms. The molecule has 0 aliphatic carbocycles. The number of benzene rings is 1. The molecule has 0 heterocycles. The summed E-state index contributed by atoms with van der Waals surface area (Å²) in [4.78, 5) is 0. The molecule has 1 rings (SSSR count). The van der Waals surface area contributed by atoms with E-state index < -0.39 is 10.8 Å². The van der Waals surface area contributed by atoms with Crippen molar-refractivity contribution in [3.8, 4) is 0 Å². The first-order valence-corrected chi connectivity index (χ1v) is 7.89. The quantitative estimate of drug-likeness (QED) is 0.756. The van der Waals surface area contributed by atoms with Crippen LogP contribution >= 0.6 is 0 Å². The lowest BCUT2D eigenvalue weighted by Crippen LogP contribution is -2.28. The van der Waals surface area contributed by atoms with E-state index in [1.807, 2.05) is 0 Å². The van der Waals surface area contributed by atoms with Crippen molar-refractivity contribution < 1.29 is 4.21 Å². The Morgan fingerprint density at radius 3 is 2.41 bits per heavy atom. The summed E-state index contributed by atoms with van der Waals surface area (Å²) in [5.41, 5.74) is 1.38. The summed E-state index contributed by atoms with van der Waals surface area (Å²) in [6, 6.07) is 10.6. The Bertz CT molecular complexity index is 337. The minimum atomic E-state index is -0.698. The maximum Gasteiger partial charge on any atom is 0.0357 e. The van der Waals surface area contributed by atoms with Crippen LogP contribution in [0.5, 0.6) is 0 Å².